The van der Waals surface area contributed by atoms with Gasteiger partial charge in [0.05, 0.1) is 11.1 Å². The number of amides is 1. The third-order valence-electron chi connectivity index (χ3n) is 5.35. The molecule has 0 bridgehead atoms. The molecular weight excluding hydrogens is 360 g/mol. The Kier molecular flexibility index (Phi) is 6.83. The van der Waals surface area contributed by atoms with Crippen LogP contribution in [0, 0.1) is 13.8 Å². The maximum atomic E-state index is 12.9. The van der Waals surface area contributed by atoms with Crippen molar-refractivity contribution in [3.8, 4) is 0 Å². The second-order valence-electron chi connectivity index (χ2n) is 7.28. The van der Waals surface area contributed by atoms with Gasteiger partial charge in [0.1, 0.15) is 5.82 Å². The Morgan fingerprint density at radius 3 is 2.48 bits per heavy atom. The number of benzene rings is 2. The zero-order valence-corrected chi connectivity index (χ0v) is 17.7. The number of anilines is 2. The lowest BCUT2D eigenvalue weighted by Gasteiger charge is -2.18. The van der Waals surface area contributed by atoms with E-state index in [1.165, 1.54) is 11.1 Å². The summed E-state index contributed by atoms with van der Waals surface area (Å²) in [6.07, 6.45) is 0. The number of carbonyl (C=O) groups is 1. The molecule has 0 unspecified atom stereocenters. The van der Waals surface area contributed by atoms with Crippen molar-refractivity contribution in [2.75, 3.05) is 31.5 Å². The number of hydrogen-bond acceptors (Lipinski definition) is 4. The molecule has 1 aromatic heterocycles. The average molecular weight is 391 g/mol. The Morgan fingerprint density at radius 2 is 1.76 bits per heavy atom. The van der Waals surface area contributed by atoms with Gasteiger partial charge >= 0.3 is 0 Å². The number of likely N-dealkylation sites (N-methyl/N-ethyl adjacent to an activating group) is 1. The van der Waals surface area contributed by atoms with E-state index in [2.05, 4.69) is 55.4 Å². The quantitative estimate of drug-likeness (QED) is 0.587. The number of nitrogens with zero attached hydrogens (tertiary/aromatic N) is 2. The second kappa shape index (κ2) is 9.52. The van der Waals surface area contributed by atoms with Crippen LogP contribution in [-0.4, -0.2) is 42.0 Å². The van der Waals surface area contributed by atoms with Crippen molar-refractivity contribution >= 4 is 28.3 Å². The Hall–Kier alpha value is -2.92. The van der Waals surface area contributed by atoms with Crippen molar-refractivity contribution in [1.82, 2.24) is 15.2 Å². The molecule has 0 aliphatic heterocycles. The first-order valence-electron chi connectivity index (χ1n) is 10.3. The number of para-hydroxylation sites is 1. The number of aryl methyl sites for hydroxylation is 2. The second-order valence-corrected chi connectivity index (χ2v) is 7.28. The van der Waals surface area contributed by atoms with Gasteiger partial charge in [-0.2, -0.15) is 0 Å². The van der Waals surface area contributed by atoms with Gasteiger partial charge in [-0.05, 0) is 62.3 Å². The van der Waals surface area contributed by atoms with Gasteiger partial charge in [0.25, 0.3) is 5.91 Å². The summed E-state index contributed by atoms with van der Waals surface area (Å²) in [6, 6.07) is 15.8. The Bertz CT molecular complexity index is 995. The average Bonchev–Trinajstić information content (AvgIpc) is 2.73. The highest BCUT2D eigenvalue weighted by Gasteiger charge is 2.13. The fourth-order valence-electron chi connectivity index (χ4n) is 3.36. The zero-order chi connectivity index (χ0) is 20.8. The first-order chi connectivity index (χ1) is 14.0. The number of aromatic nitrogens is 1. The van der Waals surface area contributed by atoms with Gasteiger partial charge in [0, 0.05) is 24.2 Å². The molecule has 2 aromatic carbocycles. The lowest BCUT2D eigenvalue weighted by Crippen LogP contribution is -2.34. The summed E-state index contributed by atoms with van der Waals surface area (Å²) in [4.78, 5) is 19.9. The van der Waals surface area contributed by atoms with Gasteiger partial charge in [0.15, 0.2) is 0 Å². The first-order valence-corrected chi connectivity index (χ1v) is 10.3. The molecule has 0 aliphatic rings. The van der Waals surface area contributed by atoms with Crippen molar-refractivity contribution in [3.63, 3.8) is 0 Å². The number of hydrogen-bond donors (Lipinski definition) is 2. The van der Waals surface area contributed by atoms with E-state index in [9.17, 15) is 4.79 Å². The number of pyridine rings is 1. The van der Waals surface area contributed by atoms with Gasteiger partial charge in [-0.1, -0.05) is 38.1 Å². The van der Waals surface area contributed by atoms with Crippen LogP contribution in [0.15, 0.2) is 48.5 Å². The van der Waals surface area contributed by atoms with Gasteiger partial charge in [-0.3, -0.25) is 4.79 Å². The summed E-state index contributed by atoms with van der Waals surface area (Å²) < 4.78 is 0. The van der Waals surface area contributed by atoms with E-state index < -0.39 is 0 Å². The molecule has 0 spiro atoms. The van der Waals surface area contributed by atoms with Crippen molar-refractivity contribution in [2.24, 2.45) is 0 Å². The molecule has 29 heavy (non-hydrogen) atoms. The predicted octanol–water partition coefficient (Wildman–Crippen LogP) is 4.67. The van der Waals surface area contributed by atoms with Crippen LogP contribution in [0.25, 0.3) is 10.9 Å². The number of rotatable bonds is 8. The molecule has 3 rings (SSSR count). The first kappa shape index (κ1) is 20.8. The number of carbonyl (C=O) groups excluding carboxylic acids is 1. The highest BCUT2D eigenvalue weighted by molar-refractivity contribution is 6.07. The molecular formula is C24H30N4O. The van der Waals surface area contributed by atoms with E-state index >= 15 is 0 Å². The lowest BCUT2D eigenvalue weighted by molar-refractivity contribution is 0.0950. The molecule has 5 nitrogen and oxygen atoms in total. The molecule has 1 heterocycles. The Labute approximate surface area is 173 Å². The number of fused-ring (bicyclic) bond motifs is 1. The normalized spacial score (nSPS) is 11.1. The van der Waals surface area contributed by atoms with Crippen LogP contribution in [0.1, 0.15) is 35.3 Å². The summed E-state index contributed by atoms with van der Waals surface area (Å²) in [5.41, 5.74) is 4.86. The van der Waals surface area contributed by atoms with Gasteiger partial charge in [-0.15, -0.1) is 0 Å². The fraction of sp³-hybridized carbons (Fsp3) is 0.333. The summed E-state index contributed by atoms with van der Waals surface area (Å²) in [7, 11) is 0. The monoisotopic (exact) mass is 390 g/mol. The predicted molar refractivity (Wildman–Crippen MR) is 121 cm³/mol. The van der Waals surface area contributed by atoms with Crippen LogP contribution in [-0.2, 0) is 0 Å². The minimum Gasteiger partial charge on any atom is -0.351 e. The fourth-order valence-corrected chi connectivity index (χ4v) is 3.36. The topological polar surface area (TPSA) is 57.3 Å². The minimum absolute atomic E-state index is 0.0705. The summed E-state index contributed by atoms with van der Waals surface area (Å²) in [5, 5.41) is 7.27. The van der Waals surface area contributed by atoms with Crippen molar-refractivity contribution in [3.05, 3.63) is 65.2 Å². The molecule has 5 heteroatoms. The molecule has 0 radical (unpaired) electrons. The van der Waals surface area contributed by atoms with Crippen LogP contribution in [0.3, 0.4) is 0 Å². The smallest absolute Gasteiger partial charge is 0.252 e. The van der Waals surface area contributed by atoms with E-state index in [-0.39, 0.29) is 5.91 Å². The standard InChI is InChI=1S/C24H30N4O/c1-5-28(6-2)14-13-25-24(29)21-16-23(27-22-10-8-7-9-20(21)22)26-19-12-11-17(3)18(4)15-19/h7-12,15-16H,5-6,13-14H2,1-4H3,(H,25,29)(H,26,27). The molecule has 3 aromatic rings. The summed E-state index contributed by atoms with van der Waals surface area (Å²) >= 11 is 0. The summed E-state index contributed by atoms with van der Waals surface area (Å²) in [6.45, 7) is 11.9. The van der Waals surface area contributed by atoms with Crippen molar-refractivity contribution in [2.45, 2.75) is 27.7 Å². The molecule has 0 fully saturated rings. The molecule has 0 atom stereocenters. The molecule has 0 aliphatic carbocycles. The van der Waals surface area contributed by atoms with Crippen molar-refractivity contribution in [1.29, 1.82) is 0 Å². The molecule has 2 N–H and O–H groups in total. The Balaban J connectivity index is 1.85. The molecule has 0 saturated heterocycles. The van der Waals surface area contributed by atoms with Crippen molar-refractivity contribution < 1.29 is 4.79 Å². The SMILES string of the molecule is CCN(CC)CCNC(=O)c1cc(Nc2ccc(C)c(C)c2)nc2ccccc12. The maximum absolute atomic E-state index is 12.9. The maximum Gasteiger partial charge on any atom is 0.252 e. The van der Waals surface area contributed by atoms with E-state index in [0.29, 0.717) is 17.9 Å². The zero-order valence-electron chi connectivity index (χ0n) is 17.7. The lowest BCUT2D eigenvalue weighted by atomic mass is 10.1. The van der Waals surface area contributed by atoms with E-state index in [1.54, 1.807) is 0 Å². The molecule has 1 amide bonds. The van der Waals surface area contributed by atoms with Crippen LogP contribution in [0.5, 0.6) is 0 Å². The van der Waals surface area contributed by atoms with E-state index in [4.69, 9.17) is 4.98 Å². The van der Waals surface area contributed by atoms with Crippen LogP contribution >= 0.6 is 0 Å². The summed E-state index contributed by atoms with van der Waals surface area (Å²) in [5.74, 6) is 0.597. The van der Waals surface area contributed by atoms with E-state index in [0.717, 1.165) is 36.2 Å². The van der Waals surface area contributed by atoms with Crippen LogP contribution in [0.2, 0.25) is 0 Å². The highest BCUT2D eigenvalue weighted by Crippen LogP contribution is 2.24. The molecule has 0 saturated carbocycles. The van der Waals surface area contributed by atoms with Crippen LogP contribution < -0.4 is 10.6 Å². The third kappa shape index (κ3) is 5.12. The van der Waals surface area contributed by atoms with Gasteiger partial charge < -0.3 is 15.5 Å². The minimum atomic E-state index is -0.0705. The largest absolute Gasteiger partial charge is 0.351 e. The van der Waals surface area contributed by atoms with Gasteiger partial charge in [0.2, 0.25) is 0 Å². The molecule has 152 valence electrons. The Morgan fingerprint density at radius 1 is 1.00 bits per heavy atom. The van der Waals surface area contributed by atoms with Gasteiger partial charge in [-0.25, -0.2) is 4.98 Å². The number of nitrogens with one attached hydrogen (secondary N) is 2. The third-order valence-corrected chi connectivity index (χ3v) is 5.35. The van der Waals surface area contributed by atoms with Crippen LogP contribution in [0.4, 0.5) is 11.5 Å². The van der Waals surface area contributed by atoms with E-state index in [1.807, 2.05) is 36.4 Å². The highest BCUT2D eigenvalue weighted by atomic mass is 16.1.